The molecule has 0 unspecified atom stereocenters. The number of aliphatic hydroxyl groups is 1. The van der Waals surface area contributed by atoms with E-state index in [1.165, 1.54) is 10.8 Å². The Morgan fingerprint density at radius 3 is 2.34 bits per heavy atom. The molecule has 0 spiro atoms. The summed E-state index contributed by atoms with van der Waals surface area (Å²) in [6.45, 7) is 7.51. The standard InChI is InChI=1S/C47H50N2O6Si/c1-31-41(25-20-32-12-11-15-35(26-32)49-40-17-8-10-19-43(40)55-42-18-9-7-16-39(42)47(49)52)54-44(46(31)56(3,4)38-23-21-37(53-2)22-24-38)28-45(51)48-29-34-14-6-5-13-33(34)27-36(48)30-50/h5-19,21-24,26,31,36,41,44,46,50H,20,25,27-30H2,1-4H3/t31-,36+,41+,44-,46+/m1/s1. The maximum atomic E-state index is 14.3. The number of methoxy groups -OCH3 is 1. The summed E-state index contributed by atoms with van der Waals surface area (Å²) in [7, 11) is -0.537. The van der Waals surface area contributed by atoms with Gasteiger partial charge in [-0.25, -0.2) is 0 Å². The summed E-state index contributed by atoms with van der Waals surface area (Å²) in [5.41, 5.74) is 5.58. The number of hydrogen-bond donors (Lipinski definition) is 1. The largest absolute Gasteiger partial charge is 0.497 e. The number of hydrogen-bond acceptors (Lipinski definition) is 6. The lowest BCUT2D eigenvalue weighted by Crippen LogP contribution is -2.52. The third-order valence-electron chi connectivity index (χ3n) is 12.4. The predicted molar refractivity (Wildman–Crippen MR) is 222 cm³/mol. The van der Waals surface area contributed by atoms with Gasteiger partial charge >= 0.3 is 0 Å². The van der Waals surface area contributed by atoms with Gasteiger partial charge in [0.1, 0.15) is 11.5 Å². The van der Waals surface area contributed by atoms with Crippen LogP contribution in [0.5, 0.6) is 17.2 Å². The highest BCUT2D eigenvalue weighted by Gasteiger charge is 2.51. The fraction of sp³-hybridized carbons (Fsp3) is 0.319. The Morgan fingerprint density at radius 1 is 0.857 bits per heavy atom. The van der Waals surface area contributed by atoms with Gasteiger partial charge in [-0.05, 0) is 95.9 Å². The minimum absolute atomic E-state index is 0.0292. The van der Waals surface area contributed by atoms with E-state index in [0.29, 0.717) is 35.7 Å². The first-order chi connectivity index (χ1) is 27.2. The van der Waals surface area contributed by atoms with E-state index in [9.17, 15) is 14.7 Å². The molecule has 0 bridgehead atoms. The predicted octanol–water partition coefficient (Wildman–Crippen LogP) is 8.44. The molecule has 0 aliphatic carbocycles. The number of carbonyl (C=O) groups excluding carboxylic acids is 2. The number of benzene rings is 5. The fourth-order valence-corrected chi connectivity index (χ4v) is 13.5. The van der Waals surface area contributed by atoms with Crippen LogP contribution in [-0.4, -0.2) is 61.9 Å². The topological polar surface area (TPSA) is 88.5 Å². The van der Waals surface area contributed by atoms with Gasteiger partial charge in [0, 0.05) is 12.2 Å². The van der Waals surface area contributed by atoms with E-state index in [4.69, 9.17) is 14.2 Å². The molecule has 5 atom stereocenters. The monoisotopic (exact) mass is 766 g/mol. The molecule has 1 fully saturated rings. The minimum atomic E-state index is -2.22. The summed E-state index contributed by atoms with van der Waals surface area (Å²) in [6.07, 6.45) is 2.10. The minimum Gasteiger partial charge on any atom is -0.497 e. The van der Waals surface area contributed by atoms with E-state index in [1.54, 1.807) is 12.0 Å². The molecule has 8 rings (SSSR count). The van der Waals surface area contributed by atoms with Gasteiger partial charge in [0.25, 0.3) is 5.91 Å². The quantitative estimate of drug-likeness (QED) is 0.144. The van der Waals surface area contributed by atoms with E-state index < -0.39 is 8.07 Å². The molecule has 0 aromatic heterocycles. The van der Waals surface area contributed by atoms with Crippen LogP contribution >= 0.6 is 0 Å². The van der Waals surface area contributed by atoms with Gasteiger partial charge in [-0.15, -0.1) is 0 Å². The first-order valence-electron chi connectivity index (χ1n) is 19.7. The molecule has 288 valence electrons. The Kier molecular flexibility index (Phi) is 10.6. The van der Waals surface area contributed by atoms with Crippen molar-refractivity contribution in [2.75, 3.05) is 18.6 Å². The number of rotatable bonds is 10. The van der Waals surface area contributed by atoms with Crippen molar-refractivity contribution in [3.8, 4) is 17.2 Å². The van der Waals surface area contributed by atoms with Gasteiger partial charge < -0.3 is 24.2 Å². The number of anilines is 2. The third kappa shape index (κ3) is 7.15. The van der Waals surface area contributed by atoms with Crippen LogP contribution in [0.25, 0.3) is 0 Å². The summed E-state index contributed by atoms with van der Waals surface area (Å²) in [6, 6.07) is 39.6. The number of nitrogens with zero attached hydrogens (tertiary/aromatic N) is 2. The first-order valence-corrected chi connectivity index (χ1v) is 22.8. The molecule has 0 saturated carbocycles. The summed E-state index contributed by atoms with van der Waals surface area (Å²) in [5.74, 6) is 2.07. The molecule has 1 saturated heterocycles. The van der Waals surface area contributed by atoms with Gasteiger partial charge in [-0.3, -0.25) is 14.5 Å². The normalized spacial score (nSPS) is 21.7. The lowest BCUT2D eigenvalue weighted by Gasteiger charge is -2.39. The number of amides is 2. The molecular weight excluding hydrogens is 717 g/mol. The first kappa shape index (κ1) is 37.7. The third-order valence-corrected chi connectivity index (χ3v) is 16.8. The smallest absolute Gasteiger partial charge is 0.266 e. The average molecular weight is 767 g/mol. The van der Waals surface area contributed by atoms with E-state index in [2.05, 4.69) is 56.4 Å². The van der Waals surface area contributed by atoms with Crippen LogP contribution in [0.4, 0.5) is 11.4 Å². The van der Waals surface area contributed by atoms with Crippen LogP contribution in [0.15, 0.2) is 121 Å². The van der Waals surface area contributed by atoms with Crippen LogP contribution in [0, 0.1) is 5.92 Å². The van der Waals surface area contributed by atoms with Crippen molar-refractivity contribution in [2.24, 2.45) is 5.92 Å². The number of aliphatic hydroxyl groups excluding tert-OH is 1. The van der Waals surface area contributed by atoms with Gasteiger partial charge in [0.15, 0.2) is 5.75 Å². The maximum Gasteiger partial charge on any atom is 0.266 e. The zero-order valence-corrected chi connectivity index (χ0v) is 33.6. The van der Waals surface area contributed by atoms with E-state index in [-0.39, 0.29) is 54.6 Å². The Morgan fingerprint density at radius 2 is 1.57 bits per heavy atom. The van der Waals surface area contributed by atoms with Crippen molar-refractivity contribution in [1.82, 2.24) is 4.90 Å². The second-order valence-corrected chi connectivity index (χ2v) is 20.7. The van der Waals surface area contributed by atoms with Gasteiger partial charge in [-0.2, -0.15) is 0 Å². The van der Waals surface area contributed by atoms with E-state index >= 15 is 0 Å². The number of fused-ring (bicyclic) bond motifs is 3. The number of ether oxygens (including phenoxy) is 3. The molecule has 0 radical (unpaired) electrons. The highest BCUT2D eigenvalue weighted by molar-refractivity contribution is 6.91. The molecule has 3 aliphatic rings. The van der Waals surface area contributed by atoms with Gasteiger partial charge in [0.05, 0.1) is 57.7 Å². The van der Waals surface area contributed by atoms with E-state index in [1.807, 2.05) is 89.8 Å². The number of para-hydroxylation sites is 3. The molecule has 2 amide bonds. The van der Waals surface area contributed by atoms with Crippen molar-refractivity contribution >= 4 is 36.4 Å². The lowest BCUT2D eigenvalue weighted by molar-refractivity contribution is -0.138. The Bertz CT molecular complexity index is 2220. The average Bonchev–Trinajstić information content (AvgIpc) is 3.47. The van der Waals surface area contributed by atoms with Crippen molar-refractivity contribution in [3.05, 3.63) is 144 Å². The molecule has 1 N–H and O–H groups in total. The second-order valence-electron chi connectivity index (χ2n) is 16.0. The fourth-order valence-electron chi connectivity index (χ4n) is 9.40. The number of carbonyl (C=O) groups is 2. The molecular formula is C47H50N2O6Si. The SMILES string of the molecule is COc1ccc([Si](C)(C)[C@H]2[C@H](C)[C@H](CCc3cccc(N4C(=O)c5ccccc5Oc5ccccc54)c3)O[C@@H]2CC(=O)N2Cc3ccccc3C[C@H]2CO)cc1. The Hall–Kier alpha value is -5.22. The zero-order chi connectivity index (χ0) is 39.0. The number of aryl methyl sites for hydroxylation is 1. The summed E-state index contributed by atoms with van der Waals surface area (Å²) < 4.78 is 18.8. The molecule has 3 aliphatic heterocycles. The van der Waals surface area contributed by atoms with Crippen molar-refractivity contribution in [3.63, 3.8) is 0 Å². The zero-order valence-electron chi connectivity index (χ0n) is 32.6. The van der Waals surface area contributed by atoms with E-state index in [0.717, 1.165) is 35.4 Å². The van der Waals surface area contributed by atoms with Crippen molar-refractivity contribution in [1.29, 1.82) is 0 Å². The van der Waals surface area contributed by atoms with Crippen molar-refractivity contribution in [2.45, 2.75) is 76.0 Å². The van der Waals surface area contributed by atoms with Crippen molar-refractivity contribution < 1.29 is 28.9 Å². The molecule has 56 heavy (non-hydrogen) atoms. The maximum absolute atomic E-state index is 14.3. The van der Waals surface area contributed by atoms with Gasteiger partial charge in [0.2, 0.25) is 5.91 Å². The van der Waals surface area contributed by atoms with Crippen LogP contribution in [0.1, 0.15) is 46.8 Å². The molecule has 5 aromatic carbocycles. The molecule has 3 heterocycles. The Balaban J connectivity index is 1.05. The lowest BCUT2D eigenvalue weighted by atomic mass is 9.93. The van der Waals surface area contributed by atoms with Crippen LogP contribution < -0.4 is 19.6 Å². The van der Waals surface area contributed by atoms with Crippen LogP contribution in [-0.2, 0) is 28.9 Å². The highest BCUT2D eigenvalue weighted by atomic mass is 28.3. The van der Waals surface area contributed by atoms with Crippen LogP contribution in [0.2, 0.25) is 18.6 Å². The molecule has 8 nitrogen and oxygen atoms in total. The summed E-state index contributed by atoms with van der Waals surface area (Å²) in [4.78, 5) is 32.1. The Labute approximate surface area is 330 Å². The molecule has 9 heteroatoms. The molecule has 5 aromatic rings. The van der Waals surface area contributed by atoms with Gasteiger partial charge in [-0.1, -0.05) is 98.0 Å². The summed E-state index contributed by atoms with van der Waals surface area (Å²) in [5, 5.41) is 11.7. The van der Waals surface area contributed by atoms with Crippen LogP contribution in [0.3, 0.4) is 0 Å². The highest BCUT2D eigenvalue weighted by Crippen LogP contribution is 2.47. The summed E-state index contributed by atoms with van der Waals surface area (Å²) >= 11 is 0. The second kappa shape index (κ2) is 15.7.